The zero-order valence-electron chi connectivity index (χ0n) is 13.1. The van der Waals surface area contributed by atoms with E-state index in [1.54, 1.807) is 12.1 Å². The number of amides is 1. The van der Waals surface area contributed by atoms with Crippen LogP contribution in [-0.4, -0.2) is 30.0 Å². The van der Waals surface area contributed by atoms with Crippen LogP contribution in [0.3, 0.4) is 0 Å². The van der Waals surface area contributed by atoms with Gasteiger partial charge in [0.2, 0.25) is 0 Å². The summed E-state index contributed by atoms with van der Waals surface area (Å²) in [6.07, 6.45) is 0.574. The van der Waals surface area contributed by atoms with Crippen molar-refractivity contribution in [1.29, 1.82) is 0 Å². The standard InChI is InChI=1S/C17H15ClN2O5/c18-13-5-3-4-12(10-13)8-9-19-16(21)11-25-17(22)14-6-1-2-7-15(14)20(23)24/h1-7,10H,8-9,11H2,(H,19,21). The van der Waals surface area contributed by atoms with Gasteiger partial charge in [-0.25, -0.2) is 4.79 Å². The quantitative estimate of drug-likeness (QED) is 0.464. The smallest absolute Gasteiger partial charge is 0.345 e. The van der Waals surface area contributed by atoms with Crippen LogP contribution in [0, 0.1) is 10.1 Å². The zero-order chi connectivity index (χ0) is 18.2. The first-order valence-corrected chi connectivity index (χ1v) is 7.77. The monoisotopic (exact) mass is 362 g/mol. The second-order valence-corrected chi connectivity index (χ2v) is 5.52. The number of nitro groups is 1. The Kier molecular flexibility index (Phi) is 6.47. The molecule has 0 aliphatic rings. The van der Waals surface area contributed by atoms with Gasteiger partial charge in [0.1, 0.15) is 5.56 Å². The molecule has 0 saturated carbocycles. The third-order valence-corrected chi connectivity index (χ3v) is 3.51. The Bertz CT molecular complexity index is 794. The van der Waals surface area contributed by atoms with E-state index < -0.39 is 23.4 Å². The second kappa shape index (κ2) is 8.79. The van der Waals surface area contributed by atoms with Crippen LogP contribution in [-0.2, 0) is 16.0 Å². The number of hydrogen-bond donors (Lipinski definition) is 1. The maximum atomic E-state index is 11.9. The Hall–Kier alpha value is -2.93. The van der Waals surface area contributed by atoms with Crippen molar-refractivity contribution < 1.29 is 19.2 Å². The summed E-state index contributed by atoms with van der Waals surface area (Å²) in [6.45, 7) is -0.164. The number of para-hydroxylation sites is 1. The van der Waals surface area contributed by atoms with Crippen molar-refractivity contribution in [3.8, 4) is 0 Å². The fourth-order valence-electron chi connectivity index (χ4n) is 2.10. The summed E-state index contributed by atoms with van der Waals surface area (Å²) < 4.78 is 4.83. The molecule has 0 heterocycles. The molecule has 1 N–H and O–H groups in total. The Morgan fingerprint density at radius 1 is 1.16 bits per heavy atom. The van der Waals surface area contributed by atoms with Crippen LogP contribution >= 0.6 is 11.6 Å². The Labute approximate surface area is 148 Å². The van der Waals surface area contributed by atoms with E-state index in [1.165, 1.54) is 24.3 Å². The minimum absolute atomic E-state index is 0.195. The van der Waals surface area contributed by atoms with Crippen molar-refractivity contribution >= 4 is 29.2 Å². The summed E-state index contributed by atoms with van der Waals surface area (Å²) in [5.74, 6) is -1.41. The predicted molar refractivity (Wildman–Crippen MR) is 91.5 cm³/mol. The van der Waals surface area contributed by atoms with Crippen molar-refractivity contribution in [2.24, 2.45) is 0 Å². The molecule has 0 spiro atoms. The number of carbonyl (C=O) groups is 2. The van der Waals surface area contributed by atoms with Crippen molar-refractivity contribution in [1.82, 2.24) is 5.32 Å². The van der Waals surface area contributed by atoms with Crippen LogP contribution in [0.5, 0.6) is 0 Å². The third-order valence-electron chi connectivity index (χ3n) is 3.28. The first-order valence-electron chi connectivity index (χ1n) is 7.39. The molecule has 0 unspecified atom stereocenters. The molecule has 2 rings (SSSR count). The first kappa shape index (κ1) is 18.4. The first-order chi connectivity index (χ1) is 12.0. The Morgan fingerprint density at radius 2 is 1.92 bits per heavy atom. The van der Waals surface area contributed by atoms with Crippen LogP contribution in [0.15, 0.2) is 48.5 Å². The number of benzene rings is 2. The van der Waals surface area contributed by atoms with Gasteiger partial charge in [0.05, 0.1) is 4.92 Å². The van der Waals surface area contributed by atoms with E-state index in [1.807, 2.05) is 12.1 Å². The maximum Gasteiger partial charge on any atom is 0.345 e. The lowest BCUT2D eigenvalue weighted by Gasteiger charge is -2.07. The van der Waals surface area contributed by atoms with Crippen LogP contribution < -0.4 is 5.32 Å². The third kappa shape index (κ3) is 5.58. The van der Waals surface area contributed by atoms with E-state index in [0.717, 1.165) is 5.56 Å². The van der Waals surface area contributed by atoms with Gasteiger partial charge in [-0.15, -0.1) is 0 Å². The number of carbonyl (C=O) groups excluding carboxylic acids is 2. The molecular formula is C17H15ClN2O5. The number of ether oxygens (including phenoxy) is 1. The van der Waals surface area contributed by atoms with Gasteiger partial charge in [0, 0.05) is 17.6 Å². The number of nitrogens with one attached hydrogen (secondary N) is 1. The number of nitrogens with zero attached hydrogens (tertiary/aromatic N) is 1. The van der Waals surface area contributed by atoms with Crippen LogP contribution in [0.1, 0.15) is 15.9 Å². The molecule has 2 aromatic carbocycles. The highest BCUT2D eigenvalue weighted by Gasteiger charge is 2.21. The minimum atomic E-state index is -0.919. The fourth-order valence-corrected chi connectivity index (χ4v) is 2.32. The maximum absolute atomic E-state index is 11.9. The average molecular weight is 363 g/mol. The van der Waals surface area contributed by atoms with Crippen molar-refractivity contribution in [2.75, 3.05) is 13.2 Å². The van der Waals surface area contributed by atoms with Crippen molar-refractivity contribution in [3.63, 3.8) is 0 Å². The molecule has 0 aromatic heterocycles. The van der Waals surface area contributed by atoms with Gasteiger partial charge in [-0.2, -0.15) is 0 Å². The van der Waals surface area contributed by atoms with Crippen molar-refractivity contribution in [3.05, 3.63) is 74.8 Å². The Morgan fingerprint density at radius 3 is 2.64 bits per heavy atom. The summed E-state index contributed by atoms with van der Waals surface area (Å²) in [5.41, 5.74) is 0.401. The number of rotatable bonds is 7. The largest absolute Gasteiger partial charge is 0.452 e. The number of halogens is 1. The number of esters is 1. The summed E-state index contributed by atoms with van der Waals surface area (Å²) in [7, 11) is 0. The lowest BCUT2D eigenvalue weighted by atomic mass is 10.1. The molecule has 2 aromatic rings. The molecular weight excluding hydrogens is 348 g/mol. The molecule has 0 aliphatic carbocycles. The molecule has 0 bridgehead atoms. The Balaban J connectivity index is 1.80. The molecule has 0 radical (unpaired) electrons. The SMILES string of the molecule is O=C(COC(=O)c1ccccc1[N+](=O)[O-])NCCc1cccc(Cl)c1. The summed E-state index contributed by atoms with van der Waals surface area (Å²) in [5, 5.41) is 14.1. The molecule has 130 valence electrons. The highest BCUT2D eigenvalue weighted by molar-refractivity contribution is 6.30. The molecule has 1 amide bonds. The normalized spacial score (nSPS) is 10.1. The van der Waals surface area contributed by atoms with Gasteiger partial charge >= 0.3 is 5.97 Å². The van der Waals surface area contributed by atoms with E-state index in [4.69, 9.17) is 16.3 Å². The van der Waals surface area contributed by atoms with Crippen molar-refractivity contribution in [2.45, 2.75) is 6.42 Å². The summed E-state index contributed by atoms with van der Waals surface area (Å²) >= 11 is 5.87. The van der Waals surface area contributed by atoms with Gasteiger partial charge in [-0.3, -0.25) is 14.9 Å². The fraction of sp³-hybridized carbons (Fsp3) is 0.176. The highest BCUT2D eigenvalue weighted by Crippen LogP contribution is 2.18. The summed E-state index contributed by atoms with van der Waals surface area (Å²) in [6, 6.07) is 12.6. The lowest BCUT2D eigenvalue weighted by Crippen LogP contribution is -2.30. The van der Waals surface area contributed by atoms with E-state index >= 15 is 0 Å². The highest BCUT2D eigenvalue weighted by atomic mass is 35.5. The van der Waals surface area contributed by atoms with Gasteiger partial charge in [-0.1, -0.05) is 35.9 Å². The minimum Gasteiger partial charge on any atom is -0.452 e. The molecule has 8 heteroatoms. The topological polar surface area (TPSA) is 98.5 Å². The molecule has 7 nitrogen and oxygen atoms in total. The summed E-state index contributed by atoms with van der Waals surface area (Å²) in [4.78, 5) is 33.8. The second-order valence-electron chi connectivity index (χ2n) is 5.08. The molecule has 0 aliphatic heterocycles. The number of nitro benzene ring substituents is 1. The van der Waals surface area contributed by atoms with Gasteiger partial charge < -0.3 is 10.1 Å². The zero-order valence-corrected chi connectivity index (χ0v) is 13.9. The lowest BCUT2D eigenvalue weighted by molar-refractivity contribution is -0.385. The molecule has 0 saturated heterocycles. The van der Waals surface area contributed by atoms with E-state index in [0.29, 0.717) is 18.0 Å². The predicted octanol–water partition coefficient (Wildman–Crippen LogP) is 2.76. The average Bonchev–Trinajstić information content (AvgIpc) is 2.59. The number of hydrogen-bond acceptors (Lipinski definition) is 5. The van der Waals surface area contributed by atoms with Crippen LogP contribution in [0.2, 0.25) is 5.02 Å². The van der Waals surface area contributed by atoms with Gasteiger partial charge in [-0.05, 0) is 30.2 Å². The van der Waals surface area contributed by atoms with Gasteiger partial charge in [0.15, 0.2) is 6.61 Å². The molecule has 0 fully saturated rings. The van der Waals surface area contributed by atoms with E-state index in [2.05, 4.69) is 5.32 Å². The van der Waals surface area contributed by atoms with Crippen LogP contribution in [0.4, 0.5) is 5.69 Å². The molecule has 0 atom stereocenters. The van der Waals surface area contributed by atoms with E-state index in [9.17, 15) is 19.7 Å². The van der Waals surface area contributed by atoms with Gasteiger partial charge in [0.25, 0.3) is 11.6 Å². The van der Waals surface area contributed by atoms with E-state index in [-0.39, 0.29) is 11.3 Å². The molecule has 25 heavy (non-hydrogen) atoms. The van der Waals surface area contributed by atoms with Crippen LogP contribution in [0.25, 0.3) is 0 Å².